The summed E-state index contributed by atoms with van der Waals surface area (Å²) in [6, 6.07) is 2.18. The second kappa shape index (κ2) is 8.82. The molecular formula is C18H27N5O3. The largest absolute Gasteiger partial charge is 0.450 e. The van der Waals surface area contributed by atoms with Gasteiger partial charge in [0, 0.05) is 31.2 Å². The Morgan fingerprint density at radius 2 is 1.88 bits per heavy atom. The Hall–Kier alpha value is -2.38. The highest BCUT2D eigenvalue weighted by atomic mass is 16.6. The number of amides is 2. The first-order chi connectivity index (χ1) is 12.7. The van der Waals surface area contributed by atoms with Crippen molar-refractivity contribution in [2.75, 3.05) is 25.0 Å². The van der Waals surface area contributed by atoms with E-state index in [-0.39, 0.29) is 18.0 Å². The van der Waals surface area contributed by atoms with Crippen LogP contribution in [0.4, 0.5) is 10.6 Å². The van der Waals surface area contributed by atoms with Crippen LogP contribution < -0.4 is 10.6 Å². The van der Waals surface area contributed by atoms with E-state index in [1.54, 1.807) is 17.9 Å². The van der Waals surface area contributed by atoms with Gasteiger partial charge in [-0.15, -0.1) is 0 Å². The van der Waals surface area contributed by atoms with Gasteiger partial charge in [-0.1, -0.05) is 12.8 Å². The predicted octanol–water partition coefficient (Wildman–Crippen LogP) is 2.18. The highest BCUT2D eigenvalue weighted by Crippen LogP contribution is 2.21. The number of nitrogens with one attached hydrogen (secondary N) is 2. The van der Waals surface area contributed by atoms with Crippen molar-refractivity contribution in [3.8, 4) is 0 Å². The summed E-state index contributed by atoms with van der Waals surface area (Å²) < 4.78 is 5.01. The van der Waals surface area contributed by atoms with E-state index >= 15 is 0 Å². The highest BCUT2D eigenvalue weighted by Gasteiger charge is 2.25. The molecule has 0 bridgehead atoms. The lowest BCUT2D eigenvalue weighted by molar-refractivity contribution is 0.0856. The molecule has 26 heavy (non-hydrogen) atoms. The molecule has 0 atom stereocenters. The van der Waals surface area contributed by atoms with Crippen molar-refractivity contribution < 1.29 is 14.3 Å². The van der Waals surface area contributed by atoms with Gasteiger partial charge in [0.2, 0.25) is 0 Å². The predicted molar refractivity (Wildman–Crippen MR) is 97.0 cm³/mol. The fourth-order valence-electron chi connectivity index (χ4n) is 3.52. The van der Waals surface area contributed by atoms with Crippen molar-refractivity contribution in [1.82, 2.24) is 20.2 Å². The van der Waals surface area contributed by atoms with Gasteiger partial charge in [-0.05, 0) is 32.6 Å². The van der Waals surface area contributed by atoms with Gasteiger partial charge in [-0.3, -0.25) is 4.79 Å². The van der Waals surface area contributed by atoms with E-state index in [1.165, 1.54) is 19.2 Å². The lowest BCUT2D eigenvalue weighted by Crippen LogP contribution is -2.46. The Bertz CT molecular complexity index is 625. The summed E-state index contributed by atoms with van der Waals surface area (Å²) in [5.74, 6) is 0.505. The van der Waals surface area contributed by atoms with Crippen molar-refractivity contribution in [3.05, 3.63) is 18.1 Å². The molecule has 1 aliphatic heterocycles. The maximum absolute atomic E-state index is 12.5. The molecule has 2 N–H and O–H groups in total. The lowest BCUT2D eigenvalue weighted by atomic mass is 10.1. The highest BCUT2D eigenvalue weighted by molar-refractivity contribution is 5.93. The Labute approximate surface area is 153 Å². The average molecular weight is 361 g/mol. The first-order valence-electron chi connectivity index (χ1n) is 9.47. The summed E-state index contributed by atoms with van der Waals surface area (Å²) in [6.07, 6.45) is 7.33. The average Bonchev–Trinajstić information content (AvgIpc) is 3.16. The minimum Gasteiger partial charge on any atom is -0.450 e. The molecule has 0 aromatic carbocycles. The molecule has 8 heteroatoms. The summed E-state index contributed by atoms with van der Waals surface area (Å²) in [5, 5.41) is 6.39. The molecule has 1 aromatic rings. The minimum absolute atomic E-state index is 0.0365. The number of ether oxygens (including phenoxy) is 1. The van der Waals surface area contributed by atoms with E-state index < -0.39 is 0 Å². The van der Waals surface area contributed by atoms with Crippen LogP contribution in [0.15, 0.2) is 12.4 Å². The second-order valence-electron chi connectivity index (χ2n) is 6.85. The number of hydrogen-bond acceptors (Lipinski definition) is 6. The van der Waals surface area contributed by atoms with Gasteiger partial charge in [-0.2, -0.15) is 0 Å². The Morgan fingerprint density at radius 1 is 1.15 bits per heavy atom. The fraction of sp³-hybridized carbons (Fsp3) is 0.667. The first kappa shape index (κ1) is 18.4. The zero-order valence-corrected chi connectivity index (χ0v) is 15.2. The third-order valence-electron chi connectivity index (χ3n) is 4.96. The van der Waals surface area contributed by atoms with Crippen LogP contribution in [0.5, 0.6) is 0 Å². The molecule has 2 fully saturated rings. The molecule has 3 rings (SSSR count). The summed E-state index contributed by atoms with van der Waals surface area (Å²) in [7, 11) is 0. The van der Waals surface area contributed by atoms with Crippen molar-refractivity contribution in [2.24, 2.45) is 0 Å². The van der Waals surface area contributed by atoms with Crippen LogP contribution >= 0.6 is 0 Å². The fourth-order valence-corrected chi connectivity index (χ4v) is 3.52. The van der Waals surface area contributed by atoms with Crippen molar-refractivity contribution in [3.63, 3.8) is 0 Å². The summed E-state index contributed by atoms with van der Waals surface area (Å²) in [4.78, 5) is 34.2. The molecule has 1 aromatic heterocycles. The number of piperidine rings is 1. The molecule has 8 nitrogen and oxygen atoms in total. The van der Waals surface area contributed by atoms with Crippen LogP contribution in [0.1, 0.15) is 55.9 Å². The maximum atomic E-state index is 12.5. The Kier molecular flexibility index (Phi) is 6.25. The summed E-state index contributed by atoms with van der Waals surface area (Å²) in [5.41, 5.74) is 0.369. The van der Waals surface area contributed by atoms with Gasteiger partial charge in [-0.25, -0.2) is 14.8 Å². The van der Waals surface area contributed by atoms with Gasteiger partial charge in [0.25, 0.3) is 5.91 Å². The Morgan fingerprint density at radius 3 is 2.58 bits per heavy atom. The molecule has 2 amide bonds. The zero-order chi connectivity index (χ0) is 18.4. The first-order valence-corrected chi connectivity index (χ1v) is 9.47. The minimum atomic E-state index is -0.282. The van der Waals surface area contributed by atoms with Crippen molar-refractivity contribution in [1.29, 1.82) is 0 Å². The summed E-state index contributed by atoms with van der Waals surface area (Å²) >= 11 is 0. The molecule has 2 heterocycles. The van der Waals surface area contributed by atoms with E-state index in [1.807, 2.05) is 0 Å². The van der Waals surface area contributed by atoms with Crippen molar-refractivity contribution in [2.45, 2.75) is 57.5 Å². The molecule has 1 saturated carbocycles. The molecule has 142 valence electrons. The van der Waals surface area contributed by atoms with E-state index in [0.29, 0.717) is 50.1 Å². The van der Waals surface area contributed by atoms with Crippen LogP contribution in [0, 0.1) is 0 Å². The molecule has 0 unspecified atom stereocenters. The van der Waals surface area contributed by atoms with E-state index in [0.717, 1.165) is 12.8 Å². The smallest absolute Gasteiger partial charge is 0.409 e. The number of anilines is 1. The van der Waals surface area contributed by atoms with E-state index in [9.17, 15) is 9.59 Å². The van der Waals surface area contributed by atoms with Gasteiger partial charge >= 0.3 is 6.09 Å². The Balaban J connectivity index is 1.50. The molecule has 1 saturated heterocycles. The third-order valence-corrected chi connectivity index (χ3v) is 4.96. The number of carbonyl (C=O) groups is 2. The zero-order valence-electron chi connectivity index (χ0n) is 15.2. The van der Waals surface area contributed by atoms with Crippen LogP contribution in [-0.2, 0) is 4.74 Å². The number of likely N-dealkylation sites (tertiary alicyclic amines) is 1. The van der Waals surface area contributed by atoms with Gasteiger partial charge in [0.1, 0.15) is 17.8 Å². The summed E-state index contributed by atoms with van der Waals surface area (Å²) in [6.45, 7) is 3.34. The molecular weight excluding hydrogens is 334 g/mol. The van der Waals surface area contributed by atoms with Crippen LogP contribution in [-0.4, -0.2) is 58.6 Å². The topological polar surface area (TPSA) is 96.5 Å². The maximum Gasteiger partial charge on any atom is 0.409 e. The number of rotatable bonds is 5. The van der Waals surface area contributed by atoms with Gasteiger partial charge in [0.15, 0.2) is 0 Å². The molecule has 2 aliphatic rings. The van der Waals surface area contributed by atoms with Crippen LogP contribution in [0.2, 0.25) is 0 Å². The van der Waals surface area contributed by atoms with Crippen LogP contribution in [0.3, 0.4) is 0 Å². The number of nitrogens with zero attached hydrogens (tertiary/aromatic N) is 3. The molecule has 0 spiro atoms. The number of aromatic nitrogens is 2. The van der Waals surface area contributed by atoms with Crippen LogP contribution in [0.25, 0.3) is 0 Å². The number of carbonyl (C=O) groups excluding carboxylic acids is 2. The third kappa shape index (κ3) is 4.83. The van der Waals surface area contributed by atoms with Crippen molar-refractivity contribution >= 4 is 17.8 Å². The SMILES string of the molecule is CCOC(=O)N1CCC(NC(=O)c2cc(NC3CCCC3)ncn2)CC1. The molecule has 1 aliphatic carbocycles. The van der Waals surface area contributed by atoms with E-state index in [4.69, 9.17) is 4.74 Å². The standard InChI is InChI=1S/C18H27N5O3/c1-2-26-18(25)23-9-7-14(8-10-23)22-17(24)15-11-16(20-12-19-15)21-13-5-3-4-6-13/h11-14H,2-10H2,1H3,(H,22,24)(H,19,20,21). The lowest BCUT2D eigenvalue weighted by Gasteiger charge is -2.31. The monoisotopic (exact) mass is 361 g/mol. The number of hydrogen-bond donors (Lipinski definition) is 2. The van der Waals surface area contributed by atoms with Gasteiger partial charge in [0.05, 0.1) is 6.61 Å². The quantitative estimate of drug-likeness (QED) is 0.834. The molecule has 0 radical (unpaired) electrons. The normalized spacial score (nSPS) is 18.6. The second-order valence-corrected chi connectivity index (χ2v) is 6.85. The van der Waals surface area contributed by atoms with Gasteiger partial charge < -0.3 is 20.3 Å². The van der Waals surface area contributed by atoms with E-state index in [2.05, 4.69) is 20.6 Å².